The molecule has 0 radical (unpaired) electrons. The largest absolute Gasteiger partial charge is 0.497 e. The Morgan fingerprint density at radius 3 is 2.68 bits per heavy atom. The molecule has 1 aliphatic rings. The van der Waals surface area contributed by atoms with Crippen molar-refractivity contribution in [3.8, 4) is 5.75 Å². The van der Waals surface area contributed by atoms with Crippen molar-refractivity contribution in [2.75, 3.05) is 20.2 Å². The highest BCUT2D eigenvalue weighted by Gasteiger charge is 2.24. The molecular weight excluding hydrogens is 288 g/mol. The Bertz CT molecular complexity index is 542. The van der Waals surface area contributed by atoms with Crippen LogP contribution in [0.15, 0.2) is 23.1 Å². The molecule has 1 fully saturated rings. The lowest BCUT2D eigenvalue weighted by Crippen LogP contribution is -2.42. The third-order valence-electron chi connectivity index (χ3n) is 3.09. The van der Waals surface area contributed by atoms with E-state index >= 15 is 0 Å². The second-order valence-corrected chi connectivity index (χ2v) is 6.53. The molecule has 2 N–H and O–H groups in total. The van der Waals surface area contributed by atoms with E-state index in [1.54, 1.807) is 6.07 Å². The first-order chi connectivity index (χ1) is 9.03. The average molecular weight is 305 g/mol. The standard InChI is InChI=1S/C12H17ClN2O3S/c1-18-10-2-3-11(13)12(8-10)19(16,17)15-9-4-6-14-7-5-9/h2-3,8-9,14-15H,4-7H2,1H3. The molecule has 1 heterocycles. The van der Waals surface area contributed by atoms with Gasteiger partial charge in [0.2, 0.25) is 10.0 Å². The van der Waals surface area contributed by atoms with Gasteiger partial charge in [-0.1, -0.05) is 11.6 Å². The van der Waals surface area contributed by atoms with E-state index in [1.807, 2.05) is 0 Å². The van der Waals surface area contributed by atoms with Crippen LogP contribution in [0.1, 0.15) is 12.8 Å². The Labute approximate surface area is 118 Å². The fourth-order valence-electron chi connectivity index (χ4n) is 2.04. The molecule has 0 atom stereocenters. The number of hydrogen-bond donors (Lipinski definition) is 2. The summed E-state index contributed by atoms with van der Waals surface area (Å²) in [4.78, 5) is 0.0621. The fraction of sp³-hybridized carbons (Fsp3) is 0.500. The van der Waals surface area contributed by atoms with E-state index < -0.39 is 10.0 Å². The van der Waals surface area contributed by atoms with Gasteiger partial charge in [-0.15, -0.1) is 0 Å². The Kier molecular flexibility index (Phi) is 4.67. The topological polar surface area (TPSA) is 67.4 Å². The molecule has 0 aromatic heterocycles. The van der Waals surface area contributed by atoms with Crippen LogP contribution in [-0.4, -0.2) is 34.7 Å². The van der Waals surface area contributed by atoms with Crippen LogP contribution in [0.3, 0.4) is 0 Å². The monoisotopic (exact) mass is 304 g/mol. The van der Waals surface area contributed by atoms with Crippen LogP contribution in [0.25, 0.3) is 0 Å². The van der Waals surface area contributed by atoms with E-state index in [0.29, 0.717) is 5.75 Å². The highest BCUT2D eigenvalue weighted by molar-refractivity contribution is 7.89. The number of sulfonamides is 1. The molecular formula is C12H17ClN2O3S. The number of ether oxygens (including phenoxy) is 1. The second-order valence-electron chi connectivity index (χ2n) is 4.44. The predicted molar refractivity (Wildman–Crippen MR) is 74.2 cm³/mol. The predicted octanol–water partition coefficient (Wildman–Crippen LogP) is 1.38. The molecule has 2 rings (SSSR count). The number of nitrogens with one attached hydrogen (secondary N) is 2. The van der Waals surface area contributed by atoms with Crippen molar-refractivity contribution in [3.05, 3.63) is 23.2 Å². The average Bonchev–Trinajstić information content (AvgIpc) is 2.39. The molecule has 1 aromatic carbocycles. The van der Waals surface area contributed by atoms with Crippen molar-refractivity contribution >= 4 is 21.6 Å². The van der Waals surface area contributed by atoms with Crippen LogP contribution in [0.4, 0.5) is 0 Å². The summed E-state index contributed by atoms with van der Waals surface area (Å²) in [6, 6.07) is 4.54. The van der Waals surface area contributed by atoms with E-state index in [0.717, 1.165) is 25.9 Å². The zero-order valence-corrected chi connectivity index (χ0v) is 12.2. The van der Waals surface area contributed by atoms with Gasteiger partial charge in [0.25, 0.3) is 0 Å². The van der Waals surface area contributed by atoms with Crippen molar-refractivity contribution in [2.24, 2.45) is 0 Å². The van der Waals surface area contributed by atoms with Gasteiger partial charge in [-0.2, -0.15) is 0 Å². The fourth-order valence-corrected chi connectivity index (χ4v) is 3.86. The summed E-state index contributed by atoms with van der Waals surface area (Å²) in [7, 11) is -2.13. The zero-order chi connectivity index (χ0) is 13.9. The first-order valence-corrected chi connectivity index (χ1v) is 7.95. The van der Waals surface area contributed by atoms with Gasteiger partial charge in [0.15, 0.2) is 0 Å². The lowest BCUT2D eigenvalue weighted by atomic mass is 10.1. The summed E-state index contributed by atoms with van der Waals surface area (Å²) < 4.78 is 32.4. The summed E-state index contributed by atoms with van der Waals surface area (Å²) in [5, 5.41) is 3.39. The Morgan fingerprint density at radius 1 is 1.37 bits per heavy atom. The quantitative estimate of drug-likeness (QED) is 0.882. The van der Waals surface area contributed by atoms with Crippen molar-refractivity contribution in [1.82, 2.24) is 10.0 Å². The Morgan fingerprint density at radius 2 is 2.05 bits per heavy atom. The zero-order valence-electron chi connectivity index (χ0n) is 10.6. The number of rotatable bonds is 4. The minimum absolute atomic E-state index is 0.0477. The first-order valence-electron chi connectivity index (χ1n) is 6.09. The van der Waals surface area contributed by atoms with Gasteiger partial charge in [0, 0.05) is 12.1 Å². The molecule has 0 amide bonds. The van der Waals surface area contributed by atoms with E-state index in [9.17, 15) is 8.42 Å². The SMILES string of the molecule is COc1ccc(Cl)c(S(=O)(=O)NC2CCNCC2)c1. The van der Waals surface area contributed by atoms with Gasteiger partial charge in [-0.25, -0.2) is 13.1 Å². The molecule has 5 nitrogen and oxygen atoms in total. The van der Waals surface area contributed by atoms with Crippen LogP contribution in [0, 0.1) is 0 Å². The normalized spacial score (nSPS) is 17.4. The number of hydrogen-bond acceptors (Lipinski definition) is 4. The molecule has 0 bridgehead atoms. The van der Waals surface area contributed by atoms with Gasteiger partial charge in [-0.05, 0) is 38.1 Å². The van der Waals surface area contributed by atoms with Gasteiger partial charge >= 0.3 is 0 Å². The lowest BCUT2D eigenvalue weighted by Gasteiger charge is -2.23. The minimum atomic E-state index is -3.61. The maximum Gasteiger partial charge on any atom is 0.242 e. The summed E-state index contributed by atoms with van der Waals surface area (Å²) in [5.41, 5.74) is 0. The minimum Gasteiger partial charge on any atom is -0.497 e. The van der Waals surface area contributed by atoms with Crippen molar-refractivity contribution in [3.63, 3.8) is 0 Å². The second kappa shape index (κ2) is 6.09. The Hall–Kier alpha value is -0.820. The van der Waals surface area contributed by atoms with E-state index in [1.165, 1.54) is 19.2 Å². The van der Waals surface area contributed by atoms with Crippen molar-refractivity contribution < 1.29 is 13.2 Å². The number of halogens is 1. The molecule has 1 saturated heterocycles. The van der Waals surface area contributed by atoms with Crippen molar-refractivity contribution in [2.45, 2.75) is 23.8 Å². The highest BCUT2D eigenvalue weighted by atomic mass is 35.5. The summed E-state index contributed by atoms with van der Waals surface area (Å²) in [5.74, 6) is 0.468. The first kappa shape index (κ1) is 14.6. The van der Waals surface area contributed by atoms with Gasteiger partial charge in [0.1, 0.15) is 10.6 Å². The molecule has 1 aliphatic heterocycles. The van der Waals surface area contributed by atoms with Crippen LogP contribution in [0.5, 0.6) is 5.75 Å². The maximum absolute atomic E-state index is 12.3. The summed E-state index contributed by atoms with van der Waals surface area (Å²) >= 11 is 5.97. The van der Waals surface area contributed by atoms with Crippen molar-refractivity contribution in [1.29, 1.82) is 0 Å². The van der Waals surface area contributed by atoms with E-state index in [2.05, 4.69) is 10.0 Å². The molecule has 0 spiro atoms. The lowest BCUT2D eigenvalue weighted by molar-refractivity contribution is 0.412. The summed E-state index contributed by atoms with van der Waals surface area (Å²) in [6.07, 6.45) is 1.56. The molecule has 0 aliphatic carbocycles. The molecule has 1 aromatic rings. The third-order valence-corrected chi connectivity index (χ3v) is 5.09. The van der Waals surface area contributed by atoms with Crippen LogP contribution in [0.2, 0.25) is 5.02 Å². The van der Waals surface area contributed by atoms with E-state index in [-0.39, 0.29) is 16.0 Å². The molecule has 0 saturated carbocycles. The smallest absolute Gasteiger partial charge is 0.242 e. The van der Waals surface area contributed by atoms with Crippen LogP contribution >= 0.6 is 11.6 Å². The Balaban J connectivity index is 2.23. The molecule has 7 heteroatoms. The number of piperidine rings is 1. The molecule has 106 valence electrons. The van der Waals surface area contributed by atoms with Gasteiger partial charge in [0.05, 0.1) is 12.1 Å². The van der Waals surface area contributed by atoms with Gasteiger partial charge in [-0.3, -0.25) is 0 Å². The number of methoxy groups -OCH3 is 1. The van der Waals surface area contributed by atoms with Crippen LogP contribution in [-0.2, 0) is 10.0 Å². The molecule has 0 unspecified atom stereocenters. The van der Waals surface area contributed by atoms with Crippen LogP contribution < -0.4 is 14.8 Å². The highest BCUT2D eigenvalue weighted by Crippen LogP contribution is 2.26. The molecule has 19 heavy (non-hydrogen) atoms. The number of benzene rings is 1. The van der Waals surface area contributed by atoms with Gasteiger partial charge < -0.3 is 10.1 Å². The van der Waals surface area contributed by atoms with E-state index in [4.69, 9.17) is 16.3 Å². The third kappa shape index (κ3) is 3.60. The maximum atomic E-state index is 12.3. The summed E-state index contributed by atoms with van der Waals surface area (Å²) in [6.45, 7) is 1.64.